The zero-order valence-electron chi connectivity index (χ0n) is 9.55. The van der Waals surface area contributed by atoms with Gasteiger partial charge in [0.25, 0.3) is 0 Å². The van der Waals surface area contributed by atoms with Crippen molar-refractivity contribution in [2.24, 2.45) is 0 Å². The number of furan rings is 2. The van der Waals surface area contributed by atoms with Crippen molar-refractivity contribution in [2.75, 3.05) is 7.05 Å². The van der Waals surface area contributed by atoms with E-state index in [1.807, 2.05) is 12.1 Å². The van der Waals surface area contributed by atoms with Gasteiger partial charge < -0.3 is 19.1 Å². The van der Waals surface area contributed by atoms with Crippen molar-refractivity contribution < 1.29 is 13.6 Å². The molecule has 0 aliphatic heterocycles. The fraction of sp³-hybridized carbons (Fsp3) is 0.250. The van der Waals surface area contributed by atoms with E-state index in [4.69, 9.17) is 8.83 Å². The molecule has 0 saturated heterocycles. The number of rotatable bonds is 4. The summed E-state index contributed by atoms with van der Waals surface area (Å²) in [7, 11) is 1.71. The van der Waals surface area contributed by atoms with E-state index in [9.17, 15) is 4.79 Å². The maximum Gasteiger partial charge on any atom is 0.317 e. The Balaban J connectivity index is 1.79. The van der Waals surface area contributed by atoms with Crippen LogP contribution in [0.15, 0.2) is 45.6 Å². The second-order valence-corrected chi connectivity index (χ2v) is 3.67. The van der Waals surface area contributed by atoms with E-state index in [1.54, 1.807) is 36.6 Å². The number of hydrogen-bond donors (Lipinski definition) is 1. The Morgan fingerprint density at radius 2 is 1.88 bits per heavy atom. The molecule has 2 aromatic heterocycles. The Kier molecular flexibility index (Phi) is 3.49. The number of nitrogens with zero attached hydrogens (tertiary/aromatic N) is 1. The van der Waals surface area contributed by atoms with Gasteiger partial charge in [-0.1, -0.05) is 0 Å². The molecular weight excluding hydrogens is 220 g/mol. The molecule has 0 aliphatic carbocycles. The Morgan fingerprint density at radius 3 is 2.47 bits per heavy atom. The predicted molar refractivity (Wildman–Crippen MR) is 61.1 cm³/mol. The highest BCUT2D eigenvalue weighted by molar-refractivity contribution is 5.73. The minimum absolute atomic E-state index is 0.169. The van der Waals surface area contributed by atoms with Crippen molar-refractivity contribution >= 4 is 6.03 Å². The molecule has 0 aromatic carbocycles. The zero-order valence-corrected chi connectivity index (χ0v) is 9.55. The predicted octanol–water partition coefficient (Wildman–Crippen LogP) is 2.21. The first-order valence-electron chi connectivity index (χ1n) is 5.29. The Bertz CT molecular complexity index is 448. The van der Waals surface area contributed by atoms with E-state index in [-0.39, 0.29) is 6.03 Å². The summed E-state index contributed by atoms with van der Waals surface area (Å²) in [6, 6.07) is 7.05. The standard InChI is InChI=1S/C12H14N2O3/c1-14(9-11-5-3-7-17-11)12(15)13-8-10-4-2-6-16-10/h2-7H,8-9H2,1H3,(H,13,15). The molecule has 0 radical (unpaired) electrons. The van der Waals surface area contributed by atoms with Crippen LogP contribution in [0.1, 0.15) is 11.5 Å². The third-order valence-corrected chi connectivity index (χ3v) is 2.31. The van der Waals surface area contributed by atoms with Gasteiger partial charge in [0.2, 0.25) is 0 Å². The van der Waals surface area contributed by atoms with E-state index in [0.29, 0.717) is 13.1 Å². The van der Waals surface area contributed by atoms with Gasteiger partial charge in [-0.3, -0.25) is 0 Å². The summed E-state index contributed by atoms with van der Waals surface area (Å²) in [6.45, 7) is 0.825. The summed E-state index contributed by atoms with van der Waals surface area (Å²) < 4.78 is 10.3. The molecule has 0 fully saturated rings. The van der Waals surface area contributed by atoms with Gasteiger partial charge in [0.15, 0.2) is 0 Å². The summed E-state index contributed by atoms with van der Waals surface area (Å²) in [5.41, 5.74) is 0. The lowest BCUT2D eigenvalue weighted by Gasteiger charge is -2.15. The monoisotopic (exact) mass is 234 g/mol. The molecule has 0 unspecified atom stereocenters. The van der Waals surface area contributed by atoms with Crippen molar-refractivity contribution in [3.8, 4) is 0 Å². The highest BCUT2D eigenvalue weighted by Crippen LogP contribution is 2.04. The van der Waals surface area contributed by atoms with Gasteiger partial charge in [0, 0.05) is 7.05 Å². The molecule has 90 valence electrons. The average Bonchev–Trinajstić information content (AvgIpc) is 2.98. The van der Waals surface area contributed by atoms with Crippen molar-refractivity contribution in [3.05, 3.63) is 48.3 Å². The first-order valence-corrected chi connectivity index (χ1v) is 5.29. The number of amides is 2. The summed E-state index contributed by atoms with van der Waals surface area (Å²) >= 11 is 0. The minimum atomic E-state index is -0.169. The highest BCUT2D eigenvalue weighted by atomic mass is 16.3. The fourth-order valence-corrected chi connectivity index (χ4v) is 1.42. The maximum atomic E-state index is 11.7. The van der Waals surface area contributed by atoms with Crippen molar-refractivity contribution in [2.45, 2.75) is 13.1 Å². The van der Waals surface area contributed by atoms with Crippen LogP contribution in [-0.2, 0) is 13.1 Å². The number of urea groups is 1. The second-order valence-electron chi connectivity index (χ2n) is 3.67. The zero-order chi connectivity index (χ0) is 12.1. The van der Waals surface area contributed by atoms with Crippen LogP contribution in [0.25, 0.3) is 0 Å². The number of carbonyl (C=O) groups excluding carboxylic acids is 1. The lowest BCUT2D eigenvalue weighted by atomic mass is 10.4. The van der Waals surface area contributed by atoms with E-state index in [1.165, 1.54) is 0 Å². The first-order chi connectivity index (χ1) is 8.25. The topological polar surface area (TPSA) is 58.6 Å². The smallest absolute Gasteiger partial charge is 0.317 e. The lowest BCUT2D eigenvalue weighted by Crippen LogP contribution is -2.36. The summed E-state index contributed by atoms with van der Waals surface area (Å²) in [4.78, 5) is 13.2. The largest absolute Gasteiger partial charge is 0.467 e. The summed E-state index contributed by atoms with van der Waals surface area (Å²) in [5.74, 6) is 1.48. The van der Waals surface area contributed by atoms with Gasteiger partial charge in [0.05, 0.1) is 25.6 Å². The second kappa shape index (κ2) is 5.25. The molecule has 2 amide bonds. The molecule has 2 heterocycles. The van der Waals surface area contributed by atoms with Gasteiger partial charge in [-0.15, -0.1) is 0 Å². The third kappa shape index (κ3) is 3.14. The molecule has 1 N–H and O–H groups in total. The van der Waals surface area contributed by atoms with E-state index in [0.717, 1.165) is 11.5 Å². The van der Waals surface area contributed by atoms with Crippen molar-refractivity contribution in [1.29, 1.82) is 0 Å². The molecule has 0 bridgehead atoms. The van der Waals surface area contributed by atoms with Crippen LogP contribution >= 0.6 is 0 Å². The molecule has 17 heavy (non-hydrogen) atoms. The Morgan fingerprint density at radius 1 is 1.24 bits per heavy atom. The molecule has 5 heteroatoms. The van der Waals surface area contributed by atoms with Gasteiger partial charge in [-0.2, -0.15) is 0 Å². The van der Waals surface area contributed by atoms with Crippen LogP contribution in [0.2, 0.25) is 0 Å². The van der Waals surface area contributed by atoms with Crippen molar-refractivity contribution in [3.63, 3.8) is 0 Å². The lowest BCUT2D eigenvalue weighted by molar-refractivity contribution is 0.201. The number of nitrogens with one attached hydrogen (secondary N) is 1. The Hall–Kier alpha value is -2.17. The molecule has 0 saturated carbocycles. The Labute approximate surface area is 99.0 Å². The summed E-state index contributed by atoms with van der Waals surface area (Å²) in [6.07, 6.45) is 3.16. The van der Waals surface area contributed by atoms with Crippen LogP contribution in [0.5, 0.6) is 0 Å². The van der Waals surface area contributed by atoms with Crippen LogP contribution < -0.4 is 5.32 Å². The number of hydrogen-bond acceptors (Lipinski definition) is 3. The molecule has 0 atom stereocenters. The van der Waals surface area contributed by atoms with Crippen LogP contribution in [0.4, 0.5) is 4.79 Å². The highest BCUT2D eigenvalue weighted by Gasteiger charge is 2.10. The molecule has 2 aromatic rings. The van der Waals surface area contributed by atoms with E-state index >= 15 is 0 Å². The van der Waals surface area contributed by atoms with Crippen LogP contribution in [0, 0.1) is 0 Å². The minimum Gasteiger partial charge on any atom is -0.467 e. The molecule has 0 spiro atoms. The fourth-order valence-electron chi connectivity index (χ4n) is 1.42. The van der Waals surface area contributed by atoms with Crippen molar-refractivity contribution in [1.82, 2.24) is 10.2 Å². The normalized spacial score (nSPS) is 10.2. The first kappa shape index (κ1) is 11.3. The van der Waals surface area contributed by atoms with Gasteiger partial charge in [-0.25, -0.2) is 4.79 Å². The molecule has 5 nitrogen and oxygen atoms in total. The van der Waals surface area contributed by atoms with Gasteiger partial charge in [-0.05, 0) is 24.3 Å². The number of carbonyl (C=O) groups is 1. The quantitative estimate of drug-likeness (QED) is 0.882. The maximum absolute atomic E-state index is 11.7. The molecule has 2 rings (SSSR count). The van der Waals surface area contributed by atoms with Gasteiger partial charge >= 0.3 is 6.03 Å². The molecular formula is C12H14N2O3. The van der Waals surface area contributed by atoms with Gasteiger partial charge in [0.1, 0.15) is 11.5 Å². The average molecular weight is 234 g/mol. The van der Waals surface area contributed by atoms with Crippen LogP contribution in [-0.4, -0.2) is 18.0 Å². The summed E-state index contributed by atoms with van der Waals surface area (Å²) in [5, 5.41) is 2.75. The molecule has 0 aliphatic rings. The van der Waals surface area contributed by atoms with E-state index < -0.39 is 0 Å². The van der Waals surface area contributed by atoms with E-state index in [2.05, 4.69) is 5.32 Å². The SMILES string of the molecule is CN(Cc1ccco1)C(=O)NCc1ccco1. The third-order valence-electron chi connectivity index (χ3n) is 2.31. The van der Waals surface area contributed by atoms with Crippen LogP contribution in [0.3, 0.4) is 0 Å².